The Hall–Kier alpha value is -1.31. The third kappa shape index (κ3) is 6.59. The van der Waals surface area contributed by atoms with E-state index in [4.69, 9.17) is 4.99 Å². The number of hydrogen-bond acceptors (Lipinski definition) is 2. The van der Waals surface area contributed by atoms with Crippen LogP contribution < -0.4 is 0 Å². The Labute approximate surface area is 179 Å². The van der Waals surface area contributed by atoms with Gasteiger partial charge in [0.25, 0.3) is 0 Å². The van der Waals surface area contributed by atoms with Crippen molar-refractivity contribution in [2.45, 2.75) is 122 Å². The van der Waals surface area contributed by atoms with Crippen LogP contribution in [0.1, 0.15) is 126 Å². The van der Waals surface area contributed by atoms with Crippen molar-refractivity contribution in [2.24, 2.45) is 10.9 Å². The van der Waals surface area contributed by atoms with E-state index in [1.165, 1.54) is 102 Å². The summed E-state index contributed by atoms with van der Waals surface area (Å²) in [6, 6.07) is 4.83. The zero-order valence-corrected chi connectivity index (χ0v) is 19.0. The van der Waals surface area contributed by atoms with Gasteiger partial charge in [-0.1, -0.05) is 89.7 Å². The predicted octanol–water partition coefficient (Wildman–Crippen LogP) is 8.09. The van der Waals surface area contributed by atoms with Crippen molar-refractivity contribution in [3.8, 4) is 5.75 Å². The molecular formula is C27H43NO. The molecule has 2 fully saturated rings. The number of phenolic OH excluding ortho intramolecular Hbond substituents is 1. The van der Waals surface area contributed by atoms with Gasteiger partial charge in [0, 0.05) is 11.8 Å². The molecule has 2 aliphatic carbocycles. The summed E-state index contributed by atoms with van der Waals surface area (Å²) in [6.07, 6.45) is 21.8. The van der Waals surface area contributed by atoms with Crippen LogP contribution >= 0.6 is 0 Å². The molecule has 3 rings (SSSR count). The van der Waals surface area contributed by atoms with Gasteiger partial charge < -0.3 is 5.11 Å². The predicted molar refractivity (Wildman–Crippen MR) is 125 cm³/mol. The Morgan fingerprint density at radius 3 is 1.97 bits per heavy atom. The number of nitrogens with zero attached hydrogens (tertiary/aromatic N) is 1. The lowest BCUT2D eigenvalue weighted by Crippen LogP contribution is -2.20. The highest BCUT2D eigenvalue weighted by atomic mass is 16.3. The van der Waals surface area contributed by atoms with Gasteiger partial charge in [-0.15, -0.1) is 0 Å². The molecule has 0 spiro atoms. The molecule has 0 bridgehead atoms. The lowest BCUT2D eigenvalue weighted by atomic mass is 9.85. The van der Waals surface area contributed by atoms with Crippen LogP contribution in [0.25, 0.3) is 0 Å². The average molecular weight is 398 g/mol. The molecule has 0 saturated heterocycles. The van der Waals surface area contributed by atoms with Crippen LogP contribution in [-0.4, -0.2) is 17.4 Å². The molecule has 2 unspecified atom stereocenters. The molecule has 0 amide bonds. The Bertz CT molecular complexity index is 638. The van der Waals surface area contributed by atoms with E-state index in [0.717, 1.165) is 11.1 Å². The van der Waals surface area contributed by atoms with Gasteiger partial charge in [0.2, 0.25) is 0 Å². The summed E-state index contributed by atoms with van der Waals surface area (Å²) >= 11 is 0. The summed E-state index contributed by atoms with van der Waals surface area (Å²) in [7, 11) is 0. The van der Waals surface area contributed by atoms with E-state index >= 15 is 0 Å². The van der Waals surface area contributed by atoms with Gasteiger partial charge in [-0.05, 0) is 55.6 Å². The maximum atomic E-state index is 11.2. The third-order valence-electron chi connectivity index (χ3n) is 7.47. The molecule has 1 aromatic carbocycles. The zero-order valence-electron chi connectivity index (χ0n) is 19.0. The fraction of sp³-hybridized carbons (Fsp3) is 0.741. The van der Waals surface area contributed by atoms with Crippen molar-refractivity contribution in [1.82, 2.24) is 0 Å². The second-order valence-corrected chi connectivity index (χ2v) is 9.80. The standard InChI is InChI=1S/C27H43NO/c1-21-18-19-24(23-15-10-8-6-4-3-5-7-9-11-16-23)27(29)25(21)20-28-26-17-13-12-14-22(26)2/h18-20,22-23,26,29H,3-17H2,1-2H3. The number of aromatic hydroxyl groups is 1. The van der Waals surface area contributed by atoms with E-state index in [9.17, 15) is 5.11 Å². The minimum absolute atomic E-state index is 0.424. The largest absolute Gasteiger partial charge is 0.507 e. The van der Waals surface area contributed by atoms with Gasteiger partial charge in [-0.2, -0.15) is 0 Å². The Balaban J connectivity index is 1.76. The molecule has 1 aromatic rings. The number of phenols is 1. The summed E-state index contributed by atoms with van der Waals surface area (Å²) in [5.74, 6) is 1.67. The van der Waals surface area contributed by atoms with Crippen LogP contribution in [0.3, 0.4) is 0 Å². The van der Waals surface area contributed by atoms with E-state index in [1.807, 2.05) is 6.21 Å². The molecule has 0 heterocycles. The first-order valence-corrected chi connectivity index (χ1v) is 12.5. The van der Waals surface area contributed by atoms with Crippen molar-refractivity contribution >= 4 is 6.21 Å². The van der Waals surface area contributed by atoms with E-state index < -0.39 is 0 Å². The van der Waals surface area contributed by atoms with E-state index in [-0.39, 0.29) is 0 Å². The maximum absolute atomic E-state index is 11.2. The number of benzene rings is 1. The lowest BCUT2D eigenvalue weighted by molar-refractivity contribution is 0.333. The van der Waals surface area contributed by atoms with Crippen LogP contribution in [0.4, 0.5) is 0 Å². The Morgan fingerprint density at radius 2 is 1.34 bits per heavy atom. The SMILES string of the molecule is Cc1ccc(C2CCCCCCCCCCC2)c(O)c1C=NC1CCCCC1C. The minimum atomic E-state index is 0.424. The molecular weight excluding hydrogens is 354 g/mol. The molecule has 162 valence electrons. The van der Waals surface area contributed by atoms with Crippen molar-refractivity contribution in [3.05, 3.63) is 28.8 Å². The first kappa shape index (κ1) is 22.4. The number of rotatable bonds is 3. The number of hydrogen-bond donors (Lipinski definition) is 1. The fourth-order valence-corrected chi connectivity index (χ4v) is 5.38. The average Bonchev–Trinajstić information content (AvgIpc) is 2.70. The molecule has 2 nitrogen and oxygen atoms in total. The van der Waals surface area contributed by atoms with E-state index in [0.29, 0.717) is 23.6 Å². The van der Waals surface area contributed by atoms with Crippen molar-refractivity contribution < 1.29 is 5.11 Å². The highest BCUT2D eigenvalue weighted by Gasteiger charge is 2.21. The number of aryl methyl sites for hydroxylation is 1. The maximum Gasteiger partial charge on any atom is 0.128 e. The molecule has 29 heavy (non-hydrogen) atoms. The zero-order chi connectivity index (χ0) is 20.5. The molecule has 1 N–H and O–H groups in total. The molecule has 2 atom stereocenters. The normalized spacial score (nSPS) is 26.1. The van der Waals surface area contributed by atoms with Crippen LogP contribution in [0.15, 0.2) is 17.1 Å². The van der Waals surface area contributed by atoms with Gasteiger partial charge in [0.15, 0.2) is 0 Å². The Morgan fingerprint density at radius 1 is 0.793 bits per heavy atom. The van der Waals surface area contributed by atoms with Gasteiger partial charge in [-0.25, -0.2) is 0 Å². The molecule has 2 heteroatoms. The fourth-order valence-electron chi connectivity index (χ4n) is 5.38. The topological polar surface area (TPSA) is 32.6 Å². The highest BCUT2D eigenvalue weighted by molar-refractivity contribution is 5.86. The van der Waals surface area contributed by atoms with Crippen molar-refractivity contribution in [3.63, 3.8) is 0 Å². The summed E-state index contributed by atoms with van der Waals surface area (Å²) in [4.78, 5) is 4.94. The van der Waals surface area contributed by atoms with Crippen LogP contribution in [-0.2, 0) is 0 Å². The first-order chi connectivity index (χ1) is 14.2. The van der Waals surface area contributed by atoms with Crippen molar-refractivity contribution in [1.29, 1.82) is 0 Å². The van der Waals surface area contributed by atoms with E-state index in [1.54, 1.807) is 0 Å². The first-order valence-electron chi connectivity index (χ1n) is 12.5. The van der Waals surface area contributed by atoms with Gasteiger partial charge >= 0.3 is 0 Å². The summed E-state index contributed by atoms with van der Waals surface area (Å²) in [6.45, 7) is 4.44. The molecule has 0 aliphatic heterocycles. The summed E-state index contributed by atoms with van der Waals surface area (Å²) in [5, 5.41) is 11.2. The second-order valence-electron chi connectivity index (χ2n) is 9.80. The Kier molecular flexibility index (Phi) is 9.08. The monoisotopic (exact) mass is 397 g/mol. The second kappa shape index (κ2) is 11.8. The van der Waals surface area contributed by atoms with Crippen molar-refractivity contribution in [2.75, 3.05) is 0 Å². The smallest absolute Gasteiger partial charge is 0.128 e. The van der Waals surface area contributed by atoms with Crippen LogP contribution in [0.5, 0.6) is 5.75 Å². The quantitative estimate of drug-likeness (QED) is 0.514. The van der Waals surface area contributed by atoms with Gasteiger partial charge in [0.05, 0.1) is 6.04 Å². The molecule has 0 radical (unpaired) electrons. The summed E-state index contributed by atoms with van der Waals surface area (Å²) in [5.41, 5.74) is 3.28. The minimum Gasteiger partial charge on any atom is -0.507 e. The molecule has 0 aromatic heterocycles. The molecule has 2 aliphatic rings. The molecule has 2 saturated carbocycles. The number of aliphatic imine (C=N–C) groups is 1. The third-order valence-corrected chi connectivity index (χ3v) is 7.47. The van der Waals surface area contributed by atoms with E-state index in [2.05, 4.69) is 26.0 Å². The summed E-state index contributed by atoms with van der Waals surface area (Å²) < 4.78 is 0. The van der Waals surface area contributed by atoms with Gasteiger partial charge in [0.1, 0.15) is 5.75 Å². The van der Waals surface area contributed by atoms with Gasteiger partial charge in [-0.3, -0.25) is 4.99 Å². The highest BCUT2D eigenvalue weighted by Crippen LogP contribution is 2.37. The lowest BCUT2D eigenvalue weighted by Gasteiger charge is -2.25. The van der Waals surface area contributed by atoms with Crippen LogP contribution in [0, 0.1) is 12.8 Å². The van der Waals surface area contributed by atoms with Crippen LogP contribution in [0.2, 0.25) is 0 Å².